The fourth-order valence-electron chi connectivity index (χ4n) is 5.80. The van der Waals surface area contributed by atoms with Gasteiger partial charge < -0.3 is 45.1 Å². The minimum atomic E-state index is -0.991. The van der Waals surface area contributed by atoms with Gasteiger partial charge in [0.25, 0.3) is 0 Å². The van der Waals surface area contributed by atoms with E-state index in [0.717, 1.165) is 0 Å². The van der Waals surface area contributed by atoms with E-state index < -0.39 is 66.0 Å². The highest BCUT2D eigenvalue weighted by atomic mass is 16.7. The average molecular weight is 616 g/mol. The first-order valence-corrected chi connectivity index (χ1v) is 14.2. The number of Topliss-reactive ketones (excluding diaryl/α,β-unsaturated/α-hetero) is 1. The van der Waals surface area contributed by atoms with Gasteiger partial charge in [-0.05, 0) is 32.3 Å². The van der Waals surface area contributed by atoms with Crippen LogP contribution in [0.1, 0.15) is 81.7 Å². The zero-order chi connectivity index (χ0) is 32.3. The normalized spacial score (nSPS) is 23.9. The summed E-state index contributed by atoms with van der Waals surface area (Å²) in [6, 6.07) is 4.51. The van der Waals surface area contributed by atoms with Gasteiger partial charge in [0.1, 0.15) is 23.9 Å². The van der Waals surface area contributed by atoms with Gasteiger partial charge in [-0.2, -0.15) is 0 Å². The summed E-state index contributed by atoms with van der Waals surface area (Å²) in [6.07, 6.45) is -1.88. The third-order valence-corrected chi connectivity index (χ3v) is 8.12. The van der Waals surface area contributed by atoms with Crippen molar-refractivity contribution in [2.24, 2.45) is 11.7 Å². The highest BCUT2D eigenvalue weighted by molar-refractivity contribution is 6.31. The predicted molar refractivity (Wildman–Crippen MR) is 153 cm³/mol. The quantitative estimate of drug-likeness (QED) is 0.228. The van der Waals surface area contributed by atoms with Crippen LogP contribution in [-0.4, -0.2) is 89.6 Å². The maximum atomic E-state index is 13.6. The van der Waals surface area contributed by atoms with E-state index in [1.807, 2.05) is 0 Å². The van der Waals surface area contributed by atoms with Crippen LogP contribution < -0.4 is 10.5 Å². The smallest absolute Gasteiger partial charge is 0.219 e. The molecule has 0 spiro atoms. The maximum Gasteiger partial charge on any atom is 0.219 e. The molecule has 13 nitrogen and oxygen atoms in total. The number of carbonyl (C=O) groups excluding carboxylic acids is 4. The minimum absolute atomic E-state index is 0.0165. The van der Waals surface area contributed by atoms with Gasteiger partial charge >= 0.3 is 0 Å². The Hall–Kier alpha value is -3.88. The molecule has 2 aromatic carbocycles. The second-order valence-electron chi connectivity index (χ2n) is 10.9. The van der Waals surface area contributed by atoms with E-state index in [1.54, 1.807) is 13.0 Å². The number of carbonyl (C=O) groups is 4. The number of phenolic OH excluding ortho intramolecular Hbond substituents is 2. The van der Waals surface area contributed by atoms with E-state index >= 15 is 0 Å². The number of aromatic hydroxyl groups is 2. The van der Waals surface area contributed by atoms with Gasteiger partial charge in [-0.15, -0.1) is 0 Å². The number of aliphatic hydroxyl groups excluding tert-OH is 2. The van der Waals surface area contributed by atoms with Crippen LogP contribution in [-0.2, 0) is 30.2 Å². The number of methoxy groups -OCH3 is 2. The Morgan fingerprint density at radius 3 is 2.34 bits per heavy atom. The molecule has 2 aliphatic carbocycles. The minimum Gasteiger partial charge on any atom is -0.507 e. The van der Waals surface area contributed by atoms with E-state index in [0.29, 0.717) is 25.9 Å². The number of ether oxygens (including phenoxy) is 4. The Bertz CT molecular complexity index is 1450. The molecule has 3 aliphatic rings. The molecule has 44 heavy (non-hydrogen) atoms. The van der Waals surface area contributed by atoms with Crippen LogP contribution in [0.2, 0.25) is 0 Å². The highest BCUT2D eigenvalue weighted by Gasteiger charge is 2.44. The standard InChI is InChI=1S/C27H28O10.C4H9NO2/c1-11-15(29)6-7-19(36-11)37-18-9-12(16(30)10-28)8-14-21(18)27(34)23-22(25(14)32)24(31)13-4-3-5-17(35-2)20(13)26(23)33;1-7-3-2-4(5)6/h3-5,11-12,15,18-19,28-29,32,34H,6-10H2,1-2H3;2-3H2,1H3,(H2,5,6)/t11?,12?,15-,18-,19?;/m0./s1. The summed E-state index contributed by atoms with van der Waals surface area (Å²) in [7, 11) is 2.89. The second-order valence-corrected chi connectivity index (χ2v) is 10.9. The summed E-state index contributed by atoms with van der Waals surface area (Å²) in [5, 5.41) is 42.2. The number of benzene rings is 2. The van der Waals surface area contributed by atoms with Crippen molar-refractivity contribution in [3.8, 4) is 17.2 Å². The molecule has 5 rings (SSSR count). The van der Waals surface area contributed by atoms with Gasteiger partial charge in [0.15, 0.2) is 17.9 Å². The third kappa shape index (κ3) is 6.33. The summed E-state index contributed by atoms with van der Waals surface area (Å²) in [6.45, 7) is 1.40. The fraction of sp³-hybridized carbons (Fsp3) is 0.484. The molecule has 6 N–H and O–H groups in total. The zero-order valence-electron chi connectivity index (χ0n) is 24.7. The van der Waals surface area contributed by atoms with Crippen molar-refractivity contribution in [3.05, 3.63) is 51.6 Å². The first kappa shape index (κ1) is 33.0. The molecule has 2 aromatic rings. The largest absolute Gasteiger partial charge is 0.507 e. The topological polar surface area (TPSA) is 212 Å². The Morgan fingerprint density at radius 1 is 1.05 bits per heavy atom. The molecule has 1 aliphatic heterocycles. The summed E-state index contributed by atoms with van der Waals surface area (Å²) in [5.41, 5.74) is 4.28. The Kier molecular flexibility index (Phi) is 10.4. The van der Waals surface area contributed by atoms with Crippen LogP contribution in [0.5, 0.6) is 17.2 Å². The maximum absolute atomic E-state index is 13.6. The van der Waals surface area contributed by atoms with Crippen LogP contribution in [0.15, 0.2) is 18.2 Å². The summed E-state index contributed by atoms with van der Waals surface area (Å²) >= 11 is 0. The number of fused-ring (bicyclic) bond motifs is 3. The molecule has 13 heteroatoms. The number of amides is 1. The monoisotopic (exact) mass is 615 g/mol. The van der Waals surface area contributed by atoms with E-state index in [1.165, 1.54) is 26.4 Å². The summed E-state index contributed by atoms with van der Waals surface area (Å²) in [5.74, 6) is -3.78. The third-order valence-electron chi connectivity index (χ3n) is 8.12. The zero-order valence-corrected chi connectivity index (χ0v) is 24.7. The number of aliphatic hydroxyl groups is 2. The molecular weight excluding hydrogens is 578 g/mol. The lowest BCUT2D eigenvalue weighted by Crippen LogP contribution is -2.39. The van der Waals surface area contributed by atoms with Crippen molar-refractivity contribution >= 4 is 23.3 Å². The van der Waals surface area contributed by atoms with Crippen LogP contribution >= 0.6 is 0 Å². The van der Waals surface area contributed by atoms with E-state index in [4.69, 9.17) is 19.9 Å². The number of rotatable bonds is 8. The molecule has 0 saturated carbocycles. The average Bonchev–Trinajstić information content (AvgIpc) is 3.01. The van der Waals surface area contributed by atoms with Crippen molar-refractivity contribution in [1.82, 2.24) is 0 Å². The van der Waals surface area contributed by atoms with Gasteiger partial charge in [0.2, 0.25) is 11.7 Å². The number of phenols is 2. The van der Waals surface area contributed by atoms with Crippen molar-refractivity contribution in [3.63, 3.8) is 0 Å². The van der Waals surface area contributed by atoms with Crippen molar-refractivity contribution < 1.29 is 58.6 Å². The van der Waals surface area contributed by atoms with Crippen molar-refractivity contribution in [2.75, 3.05) is 27.4 Å². The van der Waals surface area contributed by atoms with E-state index in [-0.39, 0.29) is 57.9 Å². The molecule has 0 radical (unpaired) electrons. The highest BCUT2D eigenvalue weighted by Crippen LogP contribution is 2.51. The van der Waals surface area contributed by atoms with Gasteiger partial charge in [0, 0.05) is 42.6 Å². The van der Waals surface area contributed by atoms with Crippen LogP contribution in [0.25, 0.3) is 0 Å². The molecular formula is C31H37NO12. The van der Waals surface area contributed by atoms with Crippen molar-refractivity contribution in [2.45, 2.75) is 63.6 Å². The Morgan fingerprint density at radius 2 is 1.75 bits per heavy atom. The van der Waals surface area contributed by atoms with Crippen LogP contribution in [0.4, 0.5) is 0 Å². The van der Waals surface area contributed by atoms with Gasteiger partial charge in [0.05, 0.1) is 48.7 Å². The lowest BCUT2D eigenvalue weighted by Gasteiger charge is -2.38. The molecule has 1 saturated heterocycles. The second kappa shape index (κ2) is 13.8. The molecule has 1 heterocycles. The van der Waals surface area contributed by atoms with Crippen LogP contribution in [0, 0.1) is 5.92 Å². The molecule has 238 valence electrons. The lowest BCUT2D eigenvalue weighted by molar-refractivity contribution is -0.239. The molecule has 3 unspecified atom stereocenters. The van der Waals surface area contributed by atoms with E-state index in [2.05, 4.69) is 4.74 Å². The van der Waals surface area contributed by atoms with E-state index in [9.17, 15) is 39.6 Å². The summed E-state index contributed by atoms with van der Waals surface area (Å²) in [4.78, 5) is 49.5. The molecule has 5 atom stereocenters. The number of hydrogen-bond donors (Lipinski definition) is 5. The molecule has 1 fully saturated rings. The molecule has 0 bridgehead atoms. The first-order valence-electron chi connectivity index (χ1n) is 14.2. The van der Waals surface area contributed by atoms with Gasteiger partial charge in [-0.25, -0.2) is 0 Å². The van der Waals surface area contributed by atoms with Crippen LogP contribution in [0.3, 0.4) is 0 Å². The van der Waals surface area contributed by atoms with Gasteiger partial charge in [-0.1, -0.05) is 12.1 Å². The first-order chi connectivity index (χ1) is 20.9. The SMILES string of the molecule is COCCC(N)=O.COc1cccc2c1C(=O)c1c(O)c3c(c(O)c1C2=O)CC(C(=O)CO)C[C@@H]3OC1CC[C@H](O)C(C)O1. The lowest BCUT2D eigenvalue weighted by atomic mass is 9.73. The number of hydrogen-bond acceptors (Lipinski definition) is 12. The van der Waals surface area contributed by atoms with Crippen molar-refractivity contribution in [1.29, 1.82) is 0 Å². The Balaban J connectivity index is 0.000000566. The summed E-state index contributed by atoms with van der Waals surface area (Å²) < 4.78 is 21.7. The molecule has 0 aromatic heterocycles. The fourth-order valence-corrected chi connectivity index (χ4v) is 5.80. The predicted octanol–water partition coefficient (Wildman–Crippen LogP) is 1.46. The number of primary amides is 1. The number of ketones is 3. The van der Waals surface area contributed by atoms with Gasteiger partial charge in [-0.3, -0.25) is 19.2 Å². The molecule has 1 amide bonds. The Labute approximate surface area is 253 Å². The number of nitrogens with two attached hydrogens (primary N) is 1.